The summed E-state index contributed by atoms with van der Waals surface area (Å²) in [6.07, 6.45) is 0. The molecule has 0 radical (unpaired) electrons. The Morgan fingerprint density at radius 1 is 1.33 bits per heavy atom. The highest BCUT2D eigenvalue weighted by Crippen LogP contribution is 2.21. The molecule has 1 aromatic heterocycles. The summed E-state index contributed by atoms with van der Waals surface area (Å²) in [5.74, 6) is -0.461. The summed E-state index contributed by atoms with van der Waals surface area (Å²) < 4.78 is 0. The van der Waals surface area contributed by atoms with Gasteiger partial charge in [0.05, 0.1) is 0 Å². The van der Waals surface area contributed by atoms with Crippen molar-refractivity contribution < 1.29 is 9.59 Å². The van der Waals surface area contributed by atoms with Crippen molar-refractivity contribution in [1.82, 2.24) is 4.98 Å². The Labute approximate surface area is 126 Å². The summed E-state index contributed by atoms with van der Waals surface area (Å²) in [6.45, 7) is 3.63. The molecule has 0 saturated heterocycles. The van der Waals surface area contributed by atoms with Crippen molar-refractivity contribution >= 4 is 34.5 Å². The fourth-order valence-corrected chi connectivity index (χ4v) is 2.38. The Morgan fingerprint density at radius 3 is 2.71 bits per heavy atom. The molecular formula is C14H16N4O2S. The monoisotopic (exact) mass is 304 g/mol. The van der Waals surface area contributed by atoms with Gasteiger partial charge in [0.15, 0.2) is 0 Å². The van der Waals surface area contributed by atoms with Gasteiger partial charge in [0.25, 0.3) is 5.91 Å². The van der Waals surface area contributed by atoms with Crippen molar-refractivity contribution in [3.8, 4) is 0 Å². The van der Waals surface area contributed by atoms with E-state index in [1.807, 2.05) is 13.0 Å². The number of aromatic nitrogens is 1. The Bertz CT molecular complexity index is 681. The SMILES string of the molecule is CC(=O)Nc1cc(NC(=O)c2csc(CN)n2)ccc1C. The van der Waals surface area contributed by atoms with Crippen molar-refractivity contribution in [2.75, 3.05) is 10.6 Å². The van der Waals surface area contributed by atoms with Gasteiger partial charge in [-0.05, 0) is 24.6 Å². The first-order valence-corrected chi connectivity index (χ1v) is 7.21. The van der Waals surface area contributed by atoms with Crippen LogP contribution in [0.3, 0.4) is 0 Å². The summed E-state index contributed by atoms with van der Waals surface area (Å²) in [5.41, 5.74) is 7.99. The van der Waals surface area contributed by atoms with Crippen LogP contribution in [0.2, 0.25) is 0 Å². The molecule has 0 saturated carbocycles. The van der Waals surface area contributed by atoms with E-state index in [1.165, 1.54) is 18.3 Å². The zero-order valence-electron chi connectivity index (χ0n) is 11.8. The van der Waals surface area contributed by atoms with E-state index in [1.54, 1.807) is 17.5 Å². The number of nitrogens with two attached hydrogens (primary N) is 1. The van der Waals surface area contributed by atoms with Crippen LogP contribution in [0, 0.1) is 6.92 Å². The fraction of sp³-hybridized carbons (Fsp3) is 0.214. The number of amides is 2. The van der Waals surface area contributed by atoms with Crippen molar-refractivity contribution in [1.29, 1.82) is 0 Å². The number of rotatable bonds is 4. The van der Waals surface area contributed by atoms with Gasteiger partial charge in [-0.2, -0.15) is 0 Å². The van der Waals surface area contributed by atoms with Crippen molar-refractivity contribution in [2.45, 2.75) is 20.4 Å². The maximum absolute atomic E-state index is 12.1. The van der Waals surface area contributed by atoms with E-state index in [0.29, 0.717) is 28.6 Å². The maximum Gasteiger partial charge on any atom is 0.275 e. The van der Waals surface area contributed by atoms with Gasteiger partial charge in [-0.15, -0.1) is 11.3 Å². The zero-order chi connectivity index (χ0) is 15.4. The molecule has 2 aromatic rings. The first kappa shape index (κ1) is 15.1. The largest absolute Gasteiger partial charge is 0.326 e. The molecule has 0 aliphatic carbocycles. The number of thiazole rings is 1. The van der Waals surface area contributed by atoms with Crippen LogP contribution in [-0.2, 0) is 11.3 Å². The van der Waals surface area contributed by atoms with Crippen molar-refractivity contribution in [2.24, 2.45) is 5.73 Å². The first-order chi connectivity index (χ1) is 9.99. The molecule has 2 amide bonds. The average molecular weight is 304 g/mol. The smallest absolute Gasteiger partial charge is 0.275 e. The number of hydrogen-bond acceptors (Lipinski definition) is 5. The number of carbonyl (C=O) groups is 2. The predicted octanol–water partition coefficient (Wildman–Crippen LogP) is 2.12. The highest BCUT2D eigenvalue weighted by molar-refractivity contribution is 7.09. The van der Waals surface area contributed by atoms with Crippen LogP contribution >= 0.6 is 11.3 Å². The van der Waals surface area contributed by atoms with E-state index in [-0.39, 0.29) is 11.8 Å². The van der Waals surface area contributed by atoms with E-state index in [4.69, 9.17) is 5.73 Å². The molecule has 0 unspecified atom stereocenters. The molecule has 1 heterocycles. The van der Waals surface area contributed by atoms with Crippen LogP contribution in [0.15, 0.2) is 23.6 Å². The van der Waals surface area contributed by atoms with Gasteiger partial charge in [0, 0.05) is 30.2 Å². The fourth-order valence-electron chi connectivity index (χ4n) is 1.73. The van der Waals surface area contributed by atoms with Crippen molar-refractivity contribution in [3.63, 3.8) is 0 Å². The summed E-state index contributed by atoms with van der Waals surface area (Å²) in [5, 5.41) is 7.85. The summed E-state index contributed by atoms with van der Waals surface area (Å²) in [6, 6.07) is 5.31. The molecule has 0 aliphatic rings. The molecule has 0 spiro atoms. The molecule has 0 aliphatic heterocycles. The molecular weight excluding hydrogens is 288 g/mol. The zero-order valence-corrected chi connectivity index (χ0v) is 12.6. The lowest BCUT2D eigenvalue weighted by atomic mass is 10.1. The third-order valence-electron chi connectivity index (χ3n) is 2.77. The normalized spacial score (nSPS) is 10.2. The summed E-state index contributed by atoms with van der Waals surface area (Å²) in [4.78, 5) is 27.3. The van der Waals surface area contributed by atoms with Gasteiger partial charge in [0.1, 0.15) is 10.7 Å². The van der Waals surface area contributed by atoms with E-state index in [9.17, 15) is 9.59 Å². The molecule has 6 nitrogen and oxygen atoms in total. The number of anilines is 2. The van der Waals surface area contributed by atoms with Gasteiger partial charge >= 0.3 is 0 Å². The number of carbonyl (C=O) groups excluding carboxylic acids is 2. The van der Waals surface area contributed by atoms with E-state index in [0.717, 1.165) is 5.56 Å². The molecule has 0 fully saturated rings. The number of benzene rings is 1. The average Bonchev–Trinajstić information content (AvgIpc) is 2.91. The first-order valence-electron chi connectivity index (χ1n) is 6.33. The van der Waals surface area contributed by atoms with Gasteiger partial charge in [-0.3, -0.25) is 9.59 Å². The third-order valence-corrected chi connectivity index (χ3v) is 3.64. The van der Waals surface area contributed by atoms with Crippen LogP contribution in [0.25, 0.3) is 0 Å². The molecule has 1 aromatic carbocycles. The van der Waals surface area contributed by atoms with Crippen LogP contribution in [0.5, 0.6) is 0 Å². The van der Waals surface area contributed by atoms with E-state index >= 15 is 0 Å². The number of hydrogen-bond donors (Lipinski definition) is 3. The number of nitrogens with one attached hydrogen (secondary N) is 2. The minimum Gasteiger partial charge on any atom is -0.326 e. The molecule has 21 heavy (non-hydrogen) atoms. The lowest BCUT2D eigenvalue weighted by Gasteiger charge is -2.09. The highest BCUT2D eigenvalue weighted by Gasteiger charge is 2.11. The van der Waals surface area contributed by atoms with E-state index < -0.39 is 0 Å². The van der Waals surface area contributed by atoms with Gasteiger partial charge in [-0.25, -0.2) is 4.98 Å². The Balaban J connectivity index is 2.15. The minimum atomic E-state index is -0.302. The molecule has 2 rings (SSSR count). The Kier molecular flexibility index (Phi) is 4.66. The van der Waals surface area contributed by atoms with Gasteiger partial charge in [-0.1, -0.05) is 6.07 Å². The highest BCUT2D eigenvalue weighted by atomic mass is 32.1. The topological polar surface area (TPSA) is 97.1 Å². The molecule has 0 atom stereocenters. The molecule has 0 bridgehead atoms. The lowest BCUT2D eigenvalue weighted by molar-refractivity contribution is -0.114. The second kappa shape index (κ2) is 6.47. The summed E-state index contributed by atoms with van der Waals surface area (Å²) in [7, 11) is 0. The maximum atomic E-state index is 12.1. The van der Waals surface area contributed by atoms with Crippen LogP contribution < -0.4 is 16.4 Å². The standard InChI is InChI=1S/C14H16N4O2S/c1-8-3-4-10(5-11(8)16-9(2)19)17-14(20)12-7-21-13(6-15)18-12/h3-5,7H,6,15H2,1-2H3,(H,16,19)(H,17,20). The lowest BCUT2D eigenvalue weighted by Crippen LogP contribution is -2.13. The second-order valence-corrected chi connectivity index (χ2v) is 5.44. The summed E-state index contributed by atoms with van der Waals surface area (Å²) >= 11 is 1.35. The molecule has 7 heteroatoms. The van der Waals surface area contributed by atoms with Crippen molar-refractivity contribution in [3.05, 3.63) is 39.8 Å². The molecule has 4 N–H and O–H groups in total. The second-order valence-electron chi connectivity index (χ2n) is 4.50. The predicted molar refractivity (Wildman–Crippen MR) is 83.4 cm³/mol. The Hall–Kier alpha value is -2.25. The van der Waals surface area contributed by atoms with Crippen LogP contribution in [-0.4, -0.2) is 16.8 Å². The number of nitrogens with zero attached hydrogens (tertiary/aromatic N) is 1. The quantitative estimate of drug-likeness (QED) is 0.806. The van der Waals surface area contributed by atoms with Crippen LogP contribution in [0.4, 0.5) is 11.4 Å². The van der Waals surface area contributed by atoms with E-state index in [2.05, 4.69) is 15.6 Å². The molecule has 110 valence electrons. The minimum absolute atomic E-state index is 0.159. The van der Waals surface area contributed by atoms with Gasteiger partial charge in [0.2, 0.25) is 5.91 Å². The van der Waals surface area contributed by atoms with Crippen LogP contribution in [0.1, 0.15) is 28.0 Å². The van der Waals surface area contributed by atoms with Gasteiger partial charge < -0.3 is 16.4 Å². The third kappa shape index (κ3) is 3.87. The Morgan fingerprint density at radius 2 is 2.10 bits per heavy atom. The number of aryl methyl sites for hydroxylation is 1.